The maximum Gasteiger partial charge on any atom is 0.240 e. The molecule has 184 valence electrons. The third kappa shape index (κ3) is 4.37. The summed E-state index contributed by atoms with van der Waals surface area (Å²) in [7, 11) is 1.48. The van der Waals surface area contributed by atoms with Crippen LogP contribution in [0.5, 0.6) is 0 Å². The Labute approximate surface area is 209 Å². The fraction of sp³-hybridized carbons (Fsp3) is 0.276. The first kappa shape index (κ1) is 23.7. The summed E-state index contributed by atoms with van der Waals surface area (Å²) >= 11 is 0. The molecule has 2 fully saturated rings. The minimum absolute atomic E-state index is 0.0195. The summed E-state index contributed by atoms with van der Waals surface area (Å²) in [5.74, 6) is -1.04. The van der Waals surface area contributed by atoms with Crippen molar-refractivity contribution in [3.05, 3.63) is 90.2 Å². The second-order valence-corrected chi connectivity index (χ2v) is 9.48. The molecule has 2 aliphatic rings. The third-order valence-corrected chi connectivity index (χ3v) is 7.36. The predicted octanol–water partition coefficient (Wildman–Crippen LogP) is 3.86. The molecule has 36 heavy (non-hydrogen) atoms. The van der Waals surface area contributed by atoms with Crippen LogP contribution in [0.3, 0.4) is 0 Å². The first-order valence-electron chi connectivity index (χ1n) is 12.1. The molecule has 6 nitrogen and oxygen atoms in total. The molecule has 0 aromatic heterocycles. The summed E-state index contributed by atoms with van der Waals surface area (Å²) in [5.41, 5.74) is 2.45. The summed E-state index contributed by atoms with van der Waals surface area (Å²) in [5, 5.41) is 0. The highest BCUT2D eigenvalue weighted by molar-refractivity contribution is 6.10. The van der Waals surface area contributed by atoms with Gasteiger partial charge in [0.2, 0.25) is 17.7 Å². The number of amides is 3. The van der Waals surface area contributed by atoms with Gasteiger partial charge in [-0.2, -0.15) is 0 Å². The summed E-state index contributed by atoms with van der Waals surface area (Å²) in [6.45, 7) is 2.22. The molecule has 5 rings (SSSR count). The smallest absolute Gasteiger partial charge is 0.240 e. The van der Waals surface area contributed by atoms with E-state index in [1.807, 2.05) is 54.6 Å². The van der Waals surface area contributed by atoms with Gasteiger partial charge < -0.3 is 9.80 Å². The average molecular weight is 486 g/mol. The van der Waals surface area contributed by atoms with Crippen molar-refractivity contribution in [3.8, 4) is 11.1 Å². The van der Waals surface area contributed by atoms with Crippen LogP contribution in [0.1, 0.15) is 18.4 Å². The van der Waals surface area contributed by atoms with E-state index in [1.165, 1.54) is 19.2 Å². The molecule has 2 saturated heterocycles. The van der Waals surface area contributed by atoms with Gasteiger partial charge in [-0.3, -0.25) is 19.3 Å². The lowest BCUT2D eigenvalue weighted by molar-refractivity contribution is -0.141. The quantitative estimate of drug-likeness (QED) is 0.515. The normalized spacial score (nSPS) is 20.2. The largest absolute Gasteiger partial charge is 0.368 e. The molecular weight excluding hydrogens is 457 g/mol. The van der Waals surface area contributed by atoms with Crippen molar-refractivity contribution in [1.29, 1.82) is 0 Å². The molecular formula is C29H28FN3O3. The van der Waals surface area contributed by atoms with Crippen LogP contribution in [0.25, 0.3) is 11.1 Å². The Morgan fingerprint density at radius 2 is 1.44 bits per heavy atom. The van der Waals surface area contributed by atoms with E-state index in [0.717, 1.165) is 21.7 Å². The fourth-order valence-corrected chi connectivity index (χ4v) is 5.20. The number of hydrogen-bond donors (Lipinski definition) is 0. The molecule has 7 heteroatoms. The molecule has 2 aliphatic heterocycles. The van der Waals surface area contributed by atoms with Gasteiger partial charge in [0.1, 0.15) is 5.82 Å². The van der Waals surface area contributed by atoms with Crippen molar-refractivity contribution in [2.24, 2.45) is 0 Å². The van der Waals surface area contributed by atoms with E-state index in [1.54, 1.807) is 17.0 Å². The van der Waals surface area contributed by atoms with Gasteiger partial charge in [0.25, 0.3) is 0 Å². The number of imide groups is 1. The van der Waals surface area contributed by atoms with Gasteiger partial charge in [0.15, 0.2) is 0 Å². The SMILES string of the molecule is CN1C(=O)CC(CC(=O)N2CCN(c3ccc(F)cc3)CC2)(c2ccc(-c3ccccc3)cc2)C1=O. The van der Waals surface area contributed by atoms with E-state index in [4.69, 9.17) is 0 Å². The van der Waals surface area contributed by atoms with Gasteiger partial charge in [0.05, 0.1) is 5.41 Å². The van der Waals surface area contributed by atoms with Gasteiger partial charge in [-0.15, -0.1) is 0 Å². The van der Waals surface area contributed by atoms with Gasteiger partial charge in [-0.05, 0) is 41.0 Å². The van der Waals surface area contributed by atoms with Crippen molar-refractivity contribution in [3.63, 3.8) is 0 Å². The van der Waals surface area contributed by atoms with E-state index < -0.39 is 5.41 Å². The molecule has 0 N–H and O–H groups in total. The number of benzene rings is 3. The van der Waals surface area contributed by atoms with Crippen LogP contribution in [0.2, 0.25) is 0 Å². The highest BCUT2D eigenvalue weighted by atomic mass is 19.1. The Bertz CT molecular complexity index is 1270. The van der Waals surface area contributed by atoms with Crippen molar-refractivity contribution >= 4 is 23.4 Å². The molecule has 0 saturated carbocycles. The number of rotatable bonds is 5. The molecule has 1 unspecified atom stereocenters. The van der Waals surface area contributed by atoms with Gasteiger partial charge in [-0.25, -0.2) is 4.39 Å². The van der Waals surface area contributed by atoms with Gasteiger partial charge >= 0.3 is 0 Å². The molecule has 3 amide bonds. The van der Waals surface area contributed by atoms with Crippen molar-refractivity contribution in [2.75, 3.05) is 38.1 Å². The van der Waals surface area contributed by atoms with Crippen molar-refractivity contribution < 1.29 is 18.8 Å². The first-order chi connectivity index (χ1) is 17.4. The van der Waals surface area contributed by atoms with Crippen LogP contribution in [0.4, 0.5) is 10.1 Å². The fourth-order valence-electron chi connectivity index (χ4n) is 5.20. The minimum atomic E-state index is -1.20. The zero-order valence-electron chi connectivity index (χ0n) is 20.2. The minimum Gasteiger partial charge on any atom is -0.368 e. The lowest BCUT2D eigenvalue weighted by Gasteiger charge is -2.37. The number of hydrogen-bond acceptors (Lipinski definition) is 4. The van der Waals surface area contributed by atoms with Crippen LogP contribution in [-0.4, -0.2) is 60.7 Å². The Morgan fingerprint density at radius 1 is 0.833 bits per heavy atom. The van der Waals surface area contributed by atoms with E-state index in [-0.39, 0.29) is 36.4 Å². The van der Waals surface area contributed by atoms with Crippen LogP contribution in [0.15, 0.2) is 78.9 Å². The number of anilines is 1. The summed E-state index contributed by atoms with van der Waals surface area (Å²) < 4.78 is 13.3. The van der Waals surface area contributed by atoms with E-state index in [2.05, 4.69) is 4.90 Å². The lowest BCUT2D eigenvalue weighted by atomic mass is 9.75. The Hall–Kier alpha value is -4.00. The molecule has 0 radical (unpaired) electrons. The van der Waals surface area contributed by atoms with Crippen LogP contribution in [-0.2, 0) is 19.8 Å². The number of carbonyl (C=O) groups is 3. The van der Waals surface area contributed by atoms with Crippen LogP contribution < -0.4 is 4.90 Å². The third-order valence-electron chi connectivity index (χ3n) is 7.36. The van der Waals surface area contributed by atoms with Gasteiger partial charge in [0, 0.05) is 51.8 Å². The first-order valence-corrected chi connectivity index (χ1v) is 12.1. The Balaban J connectivity index is 1.34. The average Bonchev–Trinajstić information content (AvgIpc) is 3.13. The van der Waals surface area contributed by atoms with E-state index >= 15 is 0 Å². The number of carbonyl (C=O) groups excluding carboxylic acids is 3. The zero-order valence-corrected chi connectivity index (χ0v) is 20.2. The number of piperazine rings is 1. The molecule has 2 heterocycles. The number of halogens is 1. The summed E-state index contributed by atoms with van der Waals surface area (Å²) in [6.07, 6.45) is -0.0720. The molecule has 1 atom stereocenters. The lowest BCUT2D eigenvalue weighted by Crippen LogP contribution is -2.51. The van der Waals surface area contributed by atoms with Crippen molar-refractivity contribution in [1.82, 2.24) is 9.80 Å². The summed E-state index contributed by atoms with van der Waals surface area (Å²) in [4.78, 5) is 44.4. The monoisotopic (exact) mass is 485 g/mol. The molecule has 0 aliphatic carbocycles. The molecule has 0 bridgehead atoms. The number of likely N-dealkylation sites (tertiary alicyclic amines) is 1. The molecule has 0 spiro atoms. The van der Waals surface area contributed by atoms with Crippen LogP contribution >= 0.6 is 0 Å². The Kier molecular flexibility index (Phi) is 6.31. The second kappa shape index (κ2) is 9.57. The highest BCUT2D eigenvalue weighted by Gasteiger charge is 2.53. The predicted molar refractivity (Wildman–Crippen MR) is 136 cm³/mol. The maximum atomic E-state index is 13.4. The molecule has 3 aromatic rings. The zero-order chi connectivity index (χ0) is 25.3. The summed E-state index contributed by atoms with van der Waals surface area (Å²) in [6, 6.07) is 23.9. The molecule has 3 aromatic carbocycles. The number of likely N-dealkylation sites (N-methyl/N-ethyl adjacent to an activating group) is 1. The Morgan fingerprint density at radius 3 is 2.03 bits per heavy atom. The van der Waals surface area contributed by atoms with E-state index in [9.17, 15) is 18.8 Å². The van der Waals surface area contributed by atoms with E-state index in [0.29, 0.717) is 31.7 Å². The van der Waals surface area contributed by atoms with Gasteiger partial charge in [-0.1, -0.05) is 54.6 Å². The van der Waals surface area contributed by atoms with Crippen LogP contribution in [0, 0.1) is 5.82 Å². The standard InChI is InChI=1S/C29H28FN3O3/c1-31-26(34)19-29(28(31)36,23-9-7-22(8-10-23)21-5-3-2-4-6-21)20-27(35)33-17-15-32(16-18-33)25-13-11-24(30)12-14-25/h2-14H,15-20H2,1H3. The highest BCUT2D eigenvalue weighted by Crippen LogP contribution is 2.40. The van der Waals surface area contributed by atoms with Crippen molar-refractivity contribution in [2.45, 2.75) is 18.3 Å². The second-order valence-electron chi connectivity index (χ2n) is 9.48. The topological polar surface area (TPSA) is 60.9 Å². The maximum absolute atomic E-state index is 13.4. The number of nitrogens with zero attached hydrogens (tertiary/aromatic N) is 3.